The summed E-state index contributed by atoms with van der Waals surface area (Å²) in [7, 11) is -0.729. The number of carbonyl (C=O) groups is 1. The van der Waals surface area contributed by atoms with E-state index in [-0.39, 0.29) is 10.8 Å². The summed E-state index contributed by atoms with van der Waals surface area (Å²) in [5.41, 5.74) is 2.40. The zero-order valence-corrected chi connectivity index (χ0v) is 16.1. The molecule has 0 saturated heterocycles. The van der Waals surface area contributed by atoms with Gasteiger partial charge in [-0.25, -0.2) is 12.7 Å². The molecule has 0 heterocycles. The van der Waals surface area contributed by atoms with Crippen LogP contribution in [0.2, 0.25) is 0 Å². The Balaban J connectivity index is 2.23. The lowest BCUT2D eigenvalue weighted by molar-refractivity contribution is 0.0950. The Hall–Kier alpha value is -1.70. The molecule has 0 bridgehead atoms. The summed E-state index contributed by atoms with van der Waals surface area (Å²) in [4.78, 5) is 12.4. The van der Waals surface area contributed by atoms with E-state index in [0.717, 1.165) is 15.4 Å². The van der Waals surface area contributed by atoms with Gasteiger partial charge in [-0.05, 0) is 52.2 Å². The lowest BCUT2D eigenvalue weighted by atomic mass is 10.1. The molecule has 2 aromatic rings. The molecule has 7 heteroatoms. The summed E-state index contributed by atoms with van der Waals surface area (Å²) in [6.45, 7) is 2.36. The minimum atomic E-state index is -3.63. The van der Waals surface area contributed by atoms with E-state index in [9.17, 15) is 13.2 Å². The van der Waals surface area contributed by atoms with Gasteiger partial charge in [0.1, 0.15) is 0 Å². The van der Waals surface area contributed by atoms with Gasteiger partial charge in [0.2, 0.25) is 10.0 Å². The first-order valence-corrected chi connectivity index (χ1v) is 9.51. The zero-order valence-electron chi connectivity index (χ0n) is 13.7. The Labute approximate surface area is 150 Å². The van der Waals surface area contributed by atoms with Crippen molar-refractivity contribution in [1.29, 1.82) is 0 Å². The predicted molar refractivity (Wildman–Crippen MR) is 97.4 cm³/mol. The van der Waals surface area contributed by atoms with Crippen LogP contribution < -0.4 is 5.32 Å². The molecule has 0 fully saturated rings. The first kappa shape index (κ1) is 18.6. The van der Waals surface area contributed by atoms with E-state index in [1.807, 2.05) is 31.2 Å². The van der Waals surface area contributed by atoms with Gasteiger partial charge in [0, 0.05) is 30.7 Å². The number of sulfonamides is 1. The van der Waals surface area contributed by atoms with Crippen LogP contribution in [0.3, 0.4) is 0 Å². The van der Waals surface area contributed by atoms with Crippen LogP contribution in [0.5, 0.6) is 0 Å². The van der Waals surface area contributed by atoms with Gasteiger partial charge in [-0.1, -0.05) is 24.3 Å². The van der Waals surface area contributed by atoms with Crippen molar-refractivity contribution >= 4 is 31.9 Å². The average molecular weight is 411 g/mol. The van der Waals surface area contributed by atoms with Gasteiger partial charge in [0.25, 0.3) is 5.91 Å². The van der Waals surface area contributed by atoms with Gasteiger partial charge >= 0.3 is 0 Å². The third-order valence-corrected chi connectivity index (χ3v) is 6.46. The number of hydrogen-bond acceptors (Lipinski definition) is 3. The molecular weight excluding hydrogens is 392 g/mol. The molecule has 0 saturated carbocycles. The number of rotatable bonds is 5. The summed E-state index contributed by atoms with van der Waals surface area (Å²) < 4.78 is 26.2. The fraction of sp³-hybridized carbons (Fsp3) is 0.235. The molecule has 0 aliphatic carbocycles. The van der Waals surface area contributed by atoms with E-state index in [1.165, 1.54) is 20.2 Å². The molecule has 24 heavy (non-hydrogen) atoms. The van der Waals surface area contributed by atoms with E-state index in [4.69, 9.17) is 0 Å². The molecule has 1 amide bonds. The predicted octanol–water partition coefficient (Wildman–Crippen LogP) is 2.94. The largest absolute Gasteiger partial charge is 0.348 e. The Morgan fingerprint density at radius 3 is 2.46 bits per heavy atom. The van der Waals surface area contributed by atoms with Gasteiger partial charge in [0.05, 0.1) is 4.90 Å². The van der Waals surface area contributed by atoms with Gasteiger partial charge in [-0.15, -0.1) is 0 Å². The van der Waals surface area contributed by atoms with Crippen LogP contribution in [-0.4, -0.2) is 32.7 Å². The summed E-state index contributed by atoms with van der Waals surface area (Å²) in [6.07, 6.45) is 0. The van der Waals surface area contributed by atoms with Crippen molar-refractivity contribution in [2.75, 3.05) is 14.1 Å². The Kier molecular flexibility index (Phi) is 5.79. The van der Waals surface area contributed by atoms with Crippen molar-refractivity contribution in [2.45, 2.75) is 18.4 Å². The number of carbonyl (C=O) groups excluding carboxylic acids is 1. The van der Waals surface area contributed by atoms with Gasteiger partial charge in [0.15, 0.2) is 0 Å². The summed E-state index contributed by atoms with van der Waals surface area (Å²) in [5.74, 6) is -0.319. The number of hydrogen-bond donors (Lipinski definition) is 1. The van der Waals surface area contributed by atoms with Crippen molar-refractivity contribution in [3.63, 3.8) is 0 Å². The summed E-state index contributed by atoms with van der Waals surface area (Å²) in [5, 5.41) is 2.82. The van der Waals surface area contributed by atoms with Crippen molar-refractivity contribution in [3.05, 3.63) is 63.6 Å². The van der Waals surface area contributed by atoms with Crippen molar-refractivity contribution in [1.82, 2.24) is 9.62 Å². The maximum atomic E-state index is 12.4. The van der Waals surface area contributed by atoms with Crippen LogP contribution in [-0.2, 0) is 16.6 Å². The van der Waals surface area contributed by atoms with Gasteiger partial charge in [-0.3, -0.25) is 4.79 Å². The van der Waals surface area contributed by atoms with Crippen molar-refractivity contribution in [2.24, 2.45) is 0 Å². The van der Waals surface area contributed by atoms with Crippen LogP contribution in [0.15, 0.2) is 51.8 Å². The Morgan fingerprint density at radius 1 is 1.17 bits per heavy atom. The fourth-order valence-corrected chi connectivity index (χ4v) is 3.97. The van der Waals surface area contributed by atoms with Crippen LogP contribution in [0.1, 0.15) is 21.5 Å². The highest BCUT2D eigenvalue weighted by Gasteiger charge is 2.22. The number of amides is 1. The monoisotopic (exact) mass is 410 g/mol. The first-order chi connectivity index (χ1) is 11.2. The number of nitrogens with zero attached hydrogens (tertiary/aromatic N) is 1. The van der Waals surface area contributed by atoms with E-state index in [0.29, 0.717) is 16.6 Å². The van der Waals surface area contributed by atoms with Crippen molar-refractivity contribution in [3.8, 4) is 0 Å². The maximum Gasteiger partial charge on any atom is 0.251 e. The number of nitrogens with one attached hydrogen (secondary N) is 1. The summed E-state index contributed by atoms with van der Waals surface area (Å²) >= 11 is 3.23. The molecule has 0 aromatic heterocycles. The van der Waals surface area contributed by atoms with Crippen molar-refractivity contribution < 1.29 is 13.2 Å². The topological polar surface area (TPSA) is 66.5 Å². The molecule has 0 spiro atoms. The second-order valence-corrected chi connectivity index (χ2v) is 8.52. The molecule has 0 unspecified atom stereocenters. The lowest BCUT2D eigenvalue weighted by Gasteiger charge is -2.14. The van der Waals surface area contributed by atoms with E-state index in [2.05, 4.69) is 21.2 Å². The number of halogens is 1. The third kappa shape index (κ3) is 4.03. The second-order valence-electron chi connectivity index (χ2n) is 5.54. The zero-order chi connectivity index (χ0) is 17.9. The molecule has 0 aliphatic rings. The molecule has 0 aliphatic heterocycles. The molecule has 0 radical (unpaired) electrons. The quantitative estimate of drug-likeness (QED) is 0.823. The number of aryl methyl sites for hydroxylation is 1. The minimum absolute atomic E-state index is 0.0658. The minimum Gasteiger partial charge on any atom is -0.348 e. The molecule has 5 nitrogen and oxygen atoms in total. The van der Waals surface area contributed by atoms with E-state index < -0.39 is 10.0 Å². The first-order valence-electron chi connectivity index (χ1n) is 7.28. The Morgan fingerprint density at radius 2 is 1.83 bits per heavy atom. The highest BCUT2D eigenvalue weighted by molar-refractivity contribution is 9.10. The smallest absolute Gasteiger partial charge is 0.251 e. The fourth-order valence-electron chi connectivity index (χ4n) is 2.12. The molecule has 2 rings (SSSR count). The average Bonchev–Trinajstić information content (AvgIpc) is 2.54. The van der Waals surface area contributed by atoms with Crippen LogP contribution in [0.4, 0.5) is 0 Å². The maximum absolute atomic E-state index is 12.4. The van der Waals surface area contributed by atoms with Crippen LogP contribution in [0.25, 0.3) is 0 Å². The molecule has 2 aromatic carbocycles. The van der Waals surface area contributed by atoms with Gasteiger partial charge in [-0.2, -0.15) is 0 Å². The SMILES string of the molecule is Cc1ccccc1CNC(=O)c1ccc(Br)c(S(=O)(=O)N(C)C)c1. The highest BCUT2D eigenvalue weighted by atomic mass is 79.9. The lowest BCUT2D eigenvalue weighted by Crippen LogP contribution is -2.25. The van der Waals surface area contributed by atoms with Crippen LogP contribution >= 0.6 is 15.9 Å². The normalized spacial score (nSPS) is 11.5. The highest BCUT2D eigenvalue weighted by Crippen LogP contribution is 2.25. The van der Waals surface area contributed by atoms with Crippen LogP contribution in [0, 0.1) is 6.92 Å². The van der Waals surface area contributed by atoms with E-state index in [1.54, 1.807) is 12.1 Å². The second kappa shape index (κ2) is 7.46. The Bertz CT molecular complexity index is 864. The van der Waals surface area contributed by atoms with Gasteiger partial charge < -0.3 is 5.32 Å². The molecule has 0 atom stereocenters. The van der Waals surface area contributed by atoms with E-state index >= 15 is 0 Å². The number of benzene rings is 2. The molecule has 1 N–H and O–H groups in total. The third-order valence-electron chi connectivity index (χ3n) is 3.65. The molecule has 128 valence electrons. The standard InChI is InChI=1S/C17H19BrN2O3S/c1-12-6-4-5-7-14(12)11-19-17(21)13-8-9-15(18)16(10-13)24(22,23)20(2)3/h4-10H,11H2,1-3H3,(H,19,21). The summed E-state index contributed by atoms with van der Waals surface area (Å²) in [6, 6.07) is 12.3. The molecular formula is C17H19BrN2O3S.